The SMILES string of the molecule is C=CC(=O)NOC(=O)CCCCCCCCCC. The molecule has 0 aliphatic heterocycles. The fourth-order valence-electron chi connectivity index (χ4n) is 1.60. The molecule has 0 fully saturated rings. The highest BCUT2D eigenvalue weighted by Crippen LogP contribution is 2.09. The average molecular weight is 255 g/mol. The smallest absolute Gasteiger partial charge is 0.332 e. The normalized spacial score (nSPS) is 9.83. The summed E-state index contributed by atoms with van der Waals surface area (Å²) in [5, 5.41) is 0. The van der Waals surface area contributed by atoms with Gasteiger partial charge in [0.15, 0.2) is 0 Å². The van der Waals surface area contributed by atoms with Crippen LogP contribution in [0.25, 0.3) is 0 Å². The Kier molecular flexibility index (Phi) is 11.3. The lowest BCUT2D eigenvalue weighted by Gasteiger charge is -2.03. The van der Waals surface area contributed by atoms with E-state index in [-0.39, 0.29) is 0 Å². The number of rotatable bonds is 10. The van der Waals surface area contributed by atoms with Crippen molar-refractivity contribution >= 4 is 11.9 Å². The fourth-order valence-corrected chi connectivity index (χ4v) is 1.60. The van der Waals surface area contributed by atoms with Gasteiger partial charge >= 0.3 is 5.97 Å². The fraction of sp³-hybridized carbons (Fsp3) is 0.714. The van der Waals surface area contributed by atoms with E-state index in [1.807, 2.05) is 5.48 Å². The van der Waals surface area contributed by atoms with Gasteiger partial charge in [0.05, 0.1) is 0 Å². The number of hydroxylamine groups is 1. The molecule has 0 saturated heterocycles. The highest BCUT2D eigenvalue weighted by atomic mass is 16.7. The van der Waals surface area contributed by atoms with Crippen molar-refractivity contribution in [3.63, 3.8) is 0 Å². The molecule has 1 amide bonds. The van der Waals surface area contributed by atoms with Crippen LogP contribution in [0.2, 0.25) is 0 Å². The summed E-state index contributed by atoms with van der Waals surface area (Å²) in [6.07, 6.45) is 10.8. The second-order valence-electron chi connectivity index (χ2n) is 4.37. The topological polar surface area (TPSA) is 55.4 Å². The van der Waals surface area contributed by atoms with Gasteiger partial charge in [-0.05, 0) is 12.5 Å². The molecule has 0 aliphatic rings. The summed E-state index contributed by atoms with van der Waals surface area (Å²) in [6.45, 7) is 5.46. The molecule has 0 bridgehead atoms. The second-order valence-corrected chi connectivity index (χ2v) is 4.37. The molecule has 4 nitrogen and oxygen atoms in total. The number of amides is 1. The molecule has 0 aromatic heterocycles. The third-order valence-corrected chi connectivity index (χ3v) is 2.69. The zero-order chi connectivity index (χ0) is 13.6. The molecule has 0 rings (SSSR count). The first-order valence-corrected chi connectivity index (χ1v) is 6.82. The molecule has 18 heavy (non-hydrogen) atoms. The summed E-state index contributed by atoms with van der Waals surface area (Å²) in [5.74, 6) is -0.893. The van der Waals surface area contributed by atoms with Crippen molar-refractivity contribution in [3.8, 4) is 0 Å². The van der Waals surface area contributed by atoms with Crippen LogP contribution in [0.1, 0.15) is 64.7 Å². The van der Waals surface area contributed by atoms with E-state index in [1.54, 1.807) is 0 Å². The van der Waals surface area contributed by atoms with Crippen molar-refractivity contribution in [2.75, 3.05) is 0 Å². The van der Waals surface area contributed by atoms with Gasteiger partial charge in [-0.3, -0.25) is 4.79 Å². The number of carbonyl (C=O) groups is 2. The third-order valence-electron chi connectivity index (χ3n) is 2.69. The maximum absolute atomic E-state index is 11.2. The number of unbranched alkanes of at least 4 members (excludes halogenated alkanes) is 7. The van der Waals surface area contributed by atoms with E-state index in [1.165, 1.54) is 32.1 Å². The van der Waals surface area contributed by atoms with Gasteiger partial charge in [0.1, 0.15) is 0 Å². The van der Waals surface area contributed by atoms with Crippen LogP contribution in [0.3, 0.4) is 0 Å². The molecule has 0 heterocycles. The van der Waals surface area contributed by atoms with Crippen LogP contribution in [0, 0.1) is 0 Å². The summed E-state index contributed by atoms with van der Waals surface area (Å²) in [6, 6.07) is 0. The van der Waals surface area contributed by atoms with E-state index in [0.29, 0.717) is 6.42 Å². The molecule has 4 heteroatoms. The van der Waals surface area contributed by atoms with Crippen LogP contribution >= 0.6 is 0 Å². The van der Waals surface area contributed by atoms with Gasteiger partial charge in [-0.15, -0.1) is 0 Å². The van der Waals surface area contributed by atoms with Crippen LogP contribution in [-0.4, -0.2) is 11.9 Å². The Hall–Kier alpha value is -1.32. The van der Waals surface area contributed by atoms with Gasteiger partial charge in [-0.2, -0.15) is 5.48 Å². The van der Waals surface area contributed by atoms with Gasteiger partial charge in [0.25, 0.3) is 5.91 Å². The largest absolute Gasteiger partial charge is 0.341 e. The predicted molar refractivity (Wildman–Crippen MR) is 71.7 cm³/mol. The Morgan fingerprint density at radius 2 is 1.61 bits per heavy atom. The average Bonchev–Trinajstić information content (AvgIpc) is 2.39. The van der Waals surface area contributed by atoms with E-state index in [0.717, 1.165) is 25.3 Å². The number of hydrogen-bond acceptors (Lipinski definition) is 3. The molecule has 0 aromatic rings. The summed E-state index contributed by atoms with van der Waals surface area (Å²) in [7, 11) is 0. The molecule has 0 radical (unpaired) electrons. The summed E-state index contributed by atoms with van der Waals surface area (Å²) in [4.78, 5) is 26.4. The number of carbonyl (C=O) groups excluding carboxylic acids is 2. The van der Waals surface area contributed by atoms with Gasteiger partial charge in [0.2, 0.25) is 0 Å². The molecule has 0 saturated carbocycles. The minimum Gasteiger partial charge on any atom is -0.341 e. The van der Waals surface area contributed by atoms with E-state index < -0.39 is 11.9 Å². The summed E-state index contributed by atoms with van der Waals surface area (Å²) in [5.41, 5.74) is 2.00. The van der Waals surface area contributed by atoms with Gasteiger partial charge in [-0.1, -0.05) is 58.4 Å². The highest BCUT2D eigenvalue weighted by Gasteiger charge is 2.04. The predicted octanol–water partition coefficient (Wildman–Crippen LogP) is 3.28. The van der Waals surface area contributed by atoms with E-state index in [2.05, 4.69) is 18.3 Å². The quantitative estimate of drug-likeness (QED) is 0.370. The van der Waals surface area contributed by atoms with Crippen molar-refractivity contribution in [3.05, 3.63) is 12.7 Å². The first kappa shape index (κ1) is 16.7. The second kappa shape index (κ2) is 12.1. The Balaban J connectivity index is 3.25. The molecule has 1 N–H and O–H groups in total. The van der Waals surface area contributed by atoms with Gasteiger partial charge in [-0.25, -0.2) is 4.79 Å². The standard InChI is InChI=1S/C14H25NO3/c1-3-5-6-7-8-9-10-11-12-14(17)18-15-13(16)4-2/h4H,2-3,5-12H2,1H3,(H,15,16). The Bertz CT molecular complexity index is 251. The minimum absolute atomic E-state index is 0.354. The zero-order valence-electron chi connectivity index (χ0n) is 11.4. The van der Waals surface area contributed by atoms with Gasteiger partial charge < -0.3 is 4.84 Å². The lowest BCUT2D eigenvalue weighted by atomic mass is 10.1. The van der Waals surface area contributed by atoms with E-state index >= 15 is 0 Å². The van der Waals surface area contributed by atoms with Crippen LogP contribution < -0.4 is 5.48 Å². The lowest BCUT2D eigenvalue weighted by molar-refractivity contribution is -0.156. The summed E-state index contributed by atoms with van der Waals surface area (Å²) >= 11 is 0. The maximum atomic E-state index is 11.2. The van der Waals surface area contributed by atoms with Crippen molar-refractivity contribution in [2.24, 2.45) is 0 Å². The Morgan fingerprint density at radius 3 is 2.17 bits per heavy atom. The zero-order valence-corrected chi connectivity index (χ0v) is 11.4. The Labute approximate surface area is 110 Å². The maximum Gasteiger partial charge on any atom is 0.332 e. The van der Waals surface area contributed by atoms with Crippen LogP contribution in [-0.2, 0) is 14.4 Å². The Morgan fingerprint density at radius 1 is 1.06 bits per heavy atom. The first-order chi connectivity index (χ1) is 8.70. The first-order valence-electron chi connectivity index (χ1n) is 6.82. The molecule has 0 aliphatic carbocycles. The highest BCUT2D eigenvalue weighted by molar-refractivity contribution is 5.87. The van der Waals surface area contributed by atoms with Crippen LogP contribution in [0.4, 0.5) is 0 Å². The van der Waals surface area contributed by atoms with Crippen molar-refractivity contribution < 1.29 is 14.4 Å². The van der Waals surface area contributed by atoms with E-state index in [4.69, 9.17) is 0 Å². The minimum atomic E-state index is -0.501. The molecule has 0 atom stereocenters. The van der Waals surface area contributed by atoms with Crippen molar-refractivity contribution in [1.29, 1.82) is 0 Å². The van der Waals surface area contributed by atoms with Crippen molar-refractivity contribution in [1.82, 2.24) is 5.48 Å². The third kappa shape index (κ3) is 11.2. The van der Waals surface area contributed by atoms with Crippen molar-refractivity contribution in [2.45, 2.75) is 64.7 Å². The number of nitrogens with one attached hydrogen (secondary N) is 1. The van der Waals surface area contributed by atoms with E-state index in [9.17, 15) is 9.59 Å². The van der Waals surface area contributed by atoms with Crippen LogP contribution in [0.5, 0.6) is 0 Å². The molecule has 0 spiro atoms. The molecular weight excluding hydrogens is 230 g/mol. The molecule has 0 unspecified atom stereocenters. The molecular formula is C14H25NO3. The lowest BCUT2D eigenvalue weighted by Crippen LogP contribution is -2.24. The van der Waals surface area contributed by atoms with Crippen LogP contribution in [0.15, 0.2) is 12.7 Å². The molecule has 104 valence electrons. The van der Waals surface area contributed by atoms with Gasteiger partial charge in [0, 0.05) is 6.42 Å². The number of hydrogen-bond donors (Lipinski definition) is 1. The molecule has 0 aromatic carbocycles. The summed E-state index contributed by atoms with van der Waals surface area (Å²) < 4.78 is 0. The monoisotopic (exact) mass is 255 g/mol.